The van der Waals surface area contributed by atoms with Crippen molar-refractivity contribution in [1.29, 1.82) is 0 Å². The van der Waals surface area contributed by atoms with E-state index < -0.39 is 11.9 Å². The molecule has 158 valence electrons. The van der Waals surface area contributed by atoms with Gasteiger partial charge in [-0.05, 0) is 82.8 Å². The number of hydrogen-bond donors (Lipinski definition) is 1. The third-order valence-corrected chi connectivity index (χ3v) is 5.31. The zero-order valence-corrected chi connectivity index (χ0v) is 19.5. The van der Waals surface area contributed by atoms with Gasteiger partial charge in [0.05, 0.1) is 16.8 Å². The van der Waals surface area contributed by atoms with Gasteiger partial charge in [-0.2, -0.15) is 5.10 Å². The van der Waals surface area contributed by atoms with Crippen molar-refractivity contribution in [2.45, 2.75) is 0 Å². The number of amides is 1. The summed E-state index contributed by atoms with van der Waals surface area (Å²) in [6, 6.07) is 18.6. The quantitative estimate of drug-likeness (QED) is 0.137. The van der Waals surface area contributed by atoms with E-state index in [1.807, 2.05) is 12.1 Å². The standard InChI is InChI=1S/C22H15Cl2IN2O4/c23-15-7-10-20(18(24)11-15)30-13-21(28)27-26-12-14-5-8-16(9-6-14)31-22(29)17-3-1-2-4-19(17)25/h1-12H,13H2,(H,27,28). The molecule has 0 aliphatic heterocycles. The number of carbonyl (C=O) groups is 2. The minimum absolute atomic E-state index is 0.258. The predicted molar refractivity (Wildman–Crippen MR) is 128 cm³/mol. The Bertz CT molecular complexity index is 1120. The molecule has 0 aliphatic carbocycles. The summed E-state index contributed by atoms with van der Waals surface area (Å²) in [6.45, 7) is -0.258. The van der Waals surface area contributed by atoms with Crippen molar-refractivity contribution in [1.82, 2.24) is 5.43 Å². The van der Waals surface area contributed by atoms with E-state index in [1.165, 1.54) is 12.3 Å². The predicted octanol–water partition coefficient (Wildman–Crippen LogP) is 5.35. The van der Waals surface area contributed by atoms with Gasteiger partial charge in [-0.15, -0.1) is 0 Å². The van der Waals surface area contributed by atoms with Crippen LogP contribution in [-0.4, -0.2) is 24.7 Å². The second kappa shape index (κ2) is 11.1. The fourth-order valence-electron chi connectivity index (χ4n) is 2.36. The Balaban J connectivity index is 1.48. The monoisotopic (exact) mass is 568 g/mol. The molecule has 3 aromatic carbocycles. The second-order valence-electron chi connectivity index (χ2n) is 6.09. The summed E-state index contributed by atoms with van der Waals surface area (Å²) in [5.74, 6) is -0.135. The maximum atomic E-state index is 12.2. The van der Waals surface area contributed by atoms with Gasteiger partial charge >= 0.3 is 5.97 Å². The lowest BCUT2D eigenvalue weighted by Crippen LogP contribution is -2.24. The summed E-state index contributed by atoms with van der Waals surface area (Å²) in [7, 11) is 0. The molecule has 0 heterocycles. The van der Waals surface area contributed by atoms with Crippen LogP contribution in [0.3, 0.4) is 0 Å². The van der Waals surface area contributed by atoms with Crippen molar-refractivity contribution in [3.63, 3.8) is 0 Å². The first-order chi connectivity index (χ1) is 14.9. The SMILES string of the molecule is O=C(COc1ccc(Cl)cc1Cl)NN=Cc1ccc(OC(=O)c2ccccc2I)cc1. The van der Waals surface area contributed by atoms with Gasteiger partial charge in [0.15, 0.2) is 6.61 Å². The van der Waals surface area contributed by atoms with Crippen molar-refractivity contribution in [2.24, 2.45) is 5.10 Å². The minimum atomic E-state index is -0.453. The van der Waals surface area contributed by atoms with E-state index in [1.54, 1.807) is 48.5 Å². The van der Waals surface area contributed by atoms with E-state index in [0.29, 0.717) is 32.7 Å². The molecular formula is C22H15Cl2IN2O4. The number of hydrogen-bond acceptors (Lipinski definition) is 5. The molecule has 0 saturated carbocycles. The highest BCUT2D eigenvalue weighted by molar-refractivity contribution is 14.1. The van der Waals surface area contributed by atoms with Gasteiger partial charge in [-0.25, -0.2) is 10.2 Å². The summed E-state index contributed by atoms with van der Waals surface area (Å²) >= 11 is 13.9. The first-order valence-electron chi connectivity index (χ1n) is 8.89. The Morgan fingerprint density at radius 2 is 1.77 bits per heavy atom. The van der Waals surface area contributed by atoms with Crippen molar-refractivity contribution in [3.8, 4) is 11.5 Å². The topological polar surface area (TPSA) is 77.0 Å². The van der Waals surface area contributed by atoms with E-state index in [9.17, 15) is 9.59 Å². The first-order valence-corrected chi connectivity index (χ1v) is 10.7. The Labute approximate surface area is 202 Å². The molecule has 0 spiro atoms. The third-order valence-electron chi connectivity index (χ3n) is 3.84. The molecule has 0 bridgehead atoms. The van der Waals surface area contributed by atoms with Crippen LogP contribution in [0.25, 0.3) is 0 Å². The Morgan fingerprint density at radius 1 is 1.03 bits per heavy atom. The van der Waals surface area contributed by atoms with E-state index in [0.717, 1.165) is 3.57 Å². The molecule has 0 saturated heterocycles. The van der Waals surface area contributed by atoms with Gasteiger partial charge in [-0.3, -0.25) is 4.79 Å². The molecule has 0 aliphatic rings. The summed E-state index contributed by atoms with van der Waals surface area (Å²) in [4.78, 5) is 24.1. The number of benzene rings is 3. The van der Waals surface area contributed by atoms with E-state index in [2.05, 4.69) is 33.1 Å². The van der Waals surface area contributed by atoms with Crippen molar-refractivity contribution in [3.05, 3.63) is 91.5 Å². The molecule has 0 atom stereocenters. The number of hydrazone groups is 1. The van der Waals surface area contributed by atoms with Gasteiger partial charge in [0.2, 0.25) is 0 Å². The zero-order chi connectivity index (χ0) is 22.2. The van der Waals surface area contributed by atoms with Gasteiger partial charge in [0, 0.05) is 8.59 Å². The molecule has 9 heteroatoms. The summed E-state index contributed by atoms with van der Waals surface area (Å²) in [6.07, 6.45) is 1.46. The minimum Gasteiger partial charge on any atom is -0.482 e. The lowest BCUT2D eigenvalue weighted by molar-refractivity contribution is -0.123. The van der Waals surface area contributed by atoms with Crippen LogP contribution in [0, 0.1) is 3.57 Å². The number of nitrogens with one attached hydrogen (secondary N) is 1. The van der Waals surface area contributed by atoms with Gasteiger partial charge in [0.25, 0.3) is 5.91 Å². The Kier molecular flexibility index (Phi) is 8.27. The Hall–Kier alpha value is -2.62. The van der Waals surface area contributed by atoms with E-state index in [4.69, 9.17) is 32.7 Å². The summed E-state index contributed by atoms with van der Waals surface area (Å²) in [5, 5.41) is 4.66. The second-order valence-corrected chi connectivity index (χ2v) is 8.10. The van der Waals surface area contributed by atoms with E-state index >= 15 is 0 Å². The molecule has 0 radical (unpaired) electrons. The van der Waals surface area contributed by atoms with Crippen LogP contribution in [0.4, 0.5) is 0 Å². The number of rotatable bonds is 7. The number of ether oxygens (including phenoxy) is 2. The van der Waals surface area contributed by atoms with Crippen molar-refractivity contribution >= 4 is 63.9 Å². The van der Waals surface area contributed by atoms with Crippen molar-refractivity contribution < 1.29 is 19.1 Å². The Morgan fingerprint density at radius 3 is 2.48 bits per heavy atom. The third kappa shape index (κ3) is 6.95. The van der Waals surface area contributed by atoms with E-state index in [-0.39, 0.29) is 6.61 Å². The molecule has 1 N–H and O–H groups in total. The number of carbonyl (C=O) groups excluding carboxylic acids is 2. The van der Waals surface area contributed by atoms with Crippen LogP contribution in [0.5, 0.6) is 11.5 Å². The number of nitrogens with zero attached hydrogens (tertiary/aromatic N) is 1. The molecule has 0 unspecified atom stereocenters. The fraction of sp³-hybridized carbons (Fsp3) is 0.0455. The van der Waals surface area contributed by atoms with Crippen LogP contribution in [-0.2, 0) is 4.79 Å². The maximum Gasteiger partial charge on any atom is 0.344 e. The van der Waals surface area contributed by atoms with Crippen LogP contribution >= 0.6 is 45.8 Å². The normalized spacial score (nSPS) is 10.7. The molecule has 3 rings (SSSR count). The highest BCUT2D eigenvalue weighted by Crippen LogP contribution is 2.27. The summed E-state index contributed by atoms with van der Waals surface area (Å²) < 4.78 is 11.5. The average molecular weight is 569 g/mol. The lowest BCUT2D eigenvalue weighted by atomic mass is 10.2. The molecule has 31 heavy (non-hydrogen) atoms. The number of halogens is 3. The van der Waals surface area contributed by atoms with Gasteiger partial charge in [0.1, 0.15) is 11.5 Å². The van der Waals surface area contributed by atoms with Gasteiger partial charge < -0.3 is 9.47 Å². The highest BCUT2D eigenvalue weighted by atomic mass is 127. The smallest absolute Gasteiger partial charge is 0.344 e. The zero-order valence-electron chi connectivity index (χ0n) is 15.8. The molecular weight excluding hydrogens is 554 g/mol. The van der Waals surface area contributed by atoms with Crippen molar-refractivity contribution in [2.75, 3.05) is 6.61 Å². The number of esters is 1. The van der Waals surface area contributed by atoms with Gasteiger partial charge in [-0.1, -0.05) is 35.3 Å². The van der Waals surface area contributed by atoms with Crippen LogP contribution in [0.1, 0.15) is 15.9 Å². The molecule has 1 amide bonds. The van der Waals surface area contributed by atoms with Crippen LogP contribution < -0.4 is 14.9 Å². The fourth-order valence-corrected chi connectivity index (χ4v) is 3.43. The molecule has 0 aromatic heterocycles. The largest absolute Gasteiger partial charge is 0.482 e. The lowest BCUT2D eigenvalue weighted by Gasteiger charge is -2.07. The average Bonchev–Trinajstić information content (AvgIpc) is 2.74. The molecule has 6 nitrogen and oxygen atoms in total. The molecule has 0 fully saturated rings. The summed E-state index contributed by atoms with van der Waals surface area (Å²) in [5.41, 5.74) is 3.56. The first kappa shape index (κ1) is 23.1. The molecule has 3 aromatic rings. The maximum absolute atomic E-state index is 12.2. The van der Waals surface area contributed by atoms with Crippen LogP contribution in [0.2, 0.25) is 10.0 Å². The van der Waals surface area contributed by atoms with Crippen LogP contribution in [0.15, 0.2) is 71.8 Å². The highest BCUT2D eigenvalue weighted by Gasteiger charge is 2.11.